The van der Waals surface area contributed by atoms with E-state index in [1.807, 2.05) is 79.4 Å². The molecule has 3 atom stereocenters. The monoisotopic (exact) mass is 678 g/mol. The van der Waals surface area contributed by atoms with E-state index in [2.05, 4.69) is 39.0 Å². The van der Waals surface area contributed by atoms with Crippen LogP contribution in [0.25, 0.3) is 22.3 Å². The van der Waals surface area contributed by atoms with E-state index in [0.29, 0.717) is 6.54 Å². The van der Waals surface area contributed by atoms with Crippen LogP contribution in [0.15, 0.2) is 48.7 Å². The molecule has 2 aliphatic heterocycles. The number of alkyl carbamates (subject to hydrolysis) is 1. The maximum absolute atomic E-state index is 13.5. The van der Waals surface area contributed by atoms with Gasteiger partial charge in [0, 0.05) is 37.8 Å². The zero-order valence-electron chi connectivity index (χ0n) is 29.5. The summed E-state index contributed by atoms with van der Waals surface area (Å²) in [5, 5.41) is 2.69. The smallest absolute Gasteiger partial charge is 0.407 e. The molecule has 2 aromatic heterocycles. The van der Waals surface area contributed by atoms with E-state index in [1.165, 1.54) is 7.11 Å². The molecule has 2 fully saturated rings. The number of amides is 4. The van der Waals surface area contributed by atoms with E-state index >= 15 is 0 Å². The normalized spacial score (nSPS) is 17.9. The Morgan fingerprint density at radius 1 is 0.980 bits per heavy atom. The molecular formula is C38H46N8O4. The third-order valence-electron chi connectivity index (χ3n) is 9.59. The number of carbonyl (C=O) groups is 3. The number of aromatic nitrogens is 4. The van der Waals surface area contributed by atoms with Crippen LogP contribution in [0.3, 0.4) is 0 Å². The SMILES string of the molecule is CCCN(C)C(=O)N1CCC[C@H]1c1ncc(-c2ccc(C#Cc3ccc4nc([C@@H]5CCCN5C(=O)[C@@H](NC(=O)OC)C(C)C)[nH]c4c3)cc2)[nH]1. The largest absolute Gasteiger partial charge is 0.453 e. The van der Waals surface area contributed by atoms with Crippen molar-refractivity contribution < 1.29 is 19.1 Å². The number of fused-ring (bicyclic) bond motifs is 1. The van der Waals surface area contributed by atoms with Gasteiger partial charge in [-0.3, -0.25) is 4.79 Å². The number of nitrogens with one attached hydrogen (secondary N) is 3. The van der Waals surface area contributed by atoms with Gasteiger partial charge >= 0.3 is 12.1 Å². The van der Waals surface area contributed by atoms with Gasteiger partial charge in [0.1, 0.15) is 17.7 Å². The minimum absolute atomic E-state index is 0.0452. The first-order valence-electron chi connectivity index (χ1n) is 17.5. The molecule has 6 rings (SSSR count). The summed E-state index contributed by atoms with van der Waals surface area (Å²) in [7, 11) is 3.15. The average Bonchev–Trinajstić information content (AvgIpc) is 3.95. The summed E-state index contributed by atoms with van der Waals surface area (Å²) in [5.41, 5.74) is 5.29. The second kappa shape index (κ2) is 15.1. The maximum atomic E-state index is 13.5. The van der Waals surface area contributed by atoms with Crippen molar-refractivity contribution in [3.63, 3.8) is 0 Å². The fourth-order valence-electron chi connectivity index (χ4n) is 6.92. The minimum atomic E-state index is -0.683. The van der Waals surface area contributed by atoms with Crippen molar-refractivity contribution in [1.29, 1.82) is 0 Å². The lowest BCUT2D eigenvalue weighted by molar-refractivity contribution is -0.135. The molecule has 12 nitrogen and oxygen atoms in total. The molecule has 12 heteroatoms. The van der Waals surface area contributed by atoms with Gasteiger partial charge in [-0.2, -0.15) is 0 Å². The number of nitrogens with zero attached hydrogens (tertiary/aromatic N) is 5. The summed E-state index contributed by atoms with van der Waals surface area (Å²) in [6.45, 7) is 7.96. The van der Waals surface area contributed by atoms with Crippen LogP contribution in [-0.4, -0.2) is 92.5 Å². The number of likely N-dealkylation sites (tertiary alicyclic amines) is 2. The van der Waals surface area contributed by atoms with E-state index in [1.54, 1.807) is 4.90 Å². The highest BCUT2D eigenvalue weighted by Crippen LogP contribution is 2.34. The summed E-state index contributed by atoms with van der Waals surface area (Å²) in [6.07, 6.45) is 5.64. The lowest BCUT2D eigenvalue weighted by Crippen LogP contribution is -2.51. The van der Waals surface area contributed by atoms with Crippen LogP contribution in [0.2, 0.25) is 0 Å². The Kier molecular flexibility index (Phi) is 10.4. The van der Waals surface area contributed by atoms with Crippen molar-refractivity contribution in [1.82, 2.24) is 40.0 Å². The van der Waals surface area contributed by atoms with Gasteiger partial charge in [-0.1, -0.05) is 44.7 Å². The molecule has 50 heavy (non-hydrogen) atoms. The number of carbonyl (C=O) groups excluding carboxylic acids is 3. The Bertz CT molecular complexity index is 1900. The van der Waals surface area contributed by atoms with Crippen molar-refractivity contribution in [2.75, 3.05) is 33.8 Å². The number of hydrogen-bond acceptors (Lipinski definition) is 6. The molecule has 4 amide bonds. The first kappa shape index (κ1) is 34.5. The quantitative estimate of drug-likeness (QED) is 0.196. The molecule has 0 aliphatic carbocycles. The zero-order valence-corrected chi connectivity index (χ0v) is 29.5. The molecule has 0 radical (unpaired) electrons. The topological polar surface area (TPSA) is 140 Å². The standard InChI is InChI=1S/C38H46N8O4/c1-6-19-44(4)38(49)46-21-8-9-31(46)34-39-23-30(42-34)27-16-13-25(14-17-27)11-12-26-15-18-28-29(22-26)41-35(40-28)32-10-7-20-45(32)36(47)33(24(2)3)43-37(48)50-5/h13-18,22-24,31-33H,6-10,19-21H2,1-5H3,(H,39,42)(H,40,41)(H,43,48)/t31-,32-,33-/m0/s1. The number of rotatable bonds is 8. The van der Waals surface area contributed by atoms with Gasteiger partial charge in [-0.15, -0.1) is 0 Å². The molecule has 2 aromatic carbocycles. The van der Waals surface area contributed by atoms with Gasteiger partial charge in [0.2, 0.25) is 5.91 Å². The number of methoxy groups -OCH3 is 1. The number of ether oxygens (including phenoxy) is 1. The number of benzene rings is 2. The summed E-state index contributed by atoms with van der Waals surface area (Å²) in [4.78, 5) is 60.3. The highest BCUT2D eigenvalue weighted by molar-refractivity contribution is 5.86. The lowest BCUT2D eigenvalue weighted by atomic mass is 10.0. The molecule has 0 spiro atoms. The minimum Gasteiger partial charge on any atom is -0.453 e. The van der Waals surface area contributed by atoms with Crippen LogP contribution in [0.4, 0.5) is 9.59 Å². The number of imidazole rings is 2. The summed E-state index contributed by atoms with van der Waals surface area (Å²) < 4.78 is 4.75. The summed E-state index contributed by atoms with van der Waals surface area (Å²) in [5.74, 6) is 7.84. The first-order chi connectivity index (χ1) is 24.2. The Morgan fingerprint density at radius 3 is 2.36 bits per heavy atom. The predicted octanol–water partition coefficient (Wildman–Crippen LogP) is 6.00. The summed E-state index contributed by atoms with van der Waals surface area (Å²) in [6, 6.07) is 13.0. The van der Waals surface area contributed by atoms with Crippen molar-refractivity contribution >= 4 is 29.1 Å². The third-order valence-corrected chi connectivity index (χ3v) is 9.59. The van der Waals surface area contributed by atoms with E-state index in [0.717, 1.165) is 90.3 Å². The highest BCUT2D eigenvalue weighted by Gasteiger charge is 2.38. The Labute approximate surface area is 293 Å². The molecule has 0 saturated carbocycles. The summed E-state index contributed by atoms with van der Waals surface area (Å²) >= 11 is 0. The van der Waals surface area contributed by atoms with Gasteiger partial charge in [-0.05, 0) is 73.9 Å². The zero-order chi connectivity index (χ0) is 35.4. The van der Waals surface area contributed by atoms with Crippen molar-refractivity contribution in [3.05, 3.63) is 71.4 Å². The molecule has 0 bridgehead atoms. The molecular weight excluding hydrogens is 632 g/mol. The third kappa shape index (κ3) is 7.32. The van der Waals surface area contributed by atoms with Crippen LogP contribution in [0.5, 0.6) is 0 Å². The van der Waals surface area contributed by atoms with Gasteiger partial charge in [0.25, 0.3) is 0 Å². The fraction of sp³-hybridized carbons (Fsp3) is 0.447. The fourth-order valence-corrected chi connectivity index (χ4v) is 6.92. The van der Waals surface area contributed by atoms with Gasteiger partial charge in [-0.25, -0.2) is 19.6 Å². The highest BCUT2D eigenvalue weighted by atomic mass is 16.5. The van der Waals surface area contributed by atoms with Crippen molar-refractivity contribution in [3.8, 4) is 23.1 Å². The van der Waals surface area contributed by atoms with Gasteiger partial charge < -0.3 is 34.7 Å². The average molecular weight is 679 g/mol. The molecule has 4 aromatic rings. The Morgan fingerprint density at radius 2 is 1.66 bits per heavy atom. The van der Waals surface area contributed by atoms with Crippen LogP contribution >= 0.6 is 0 Å². The predicted molar refractivity (Wildman–Crippen MR) is 191 cm³/mol. The molecule has 0 unspecified atom stereocenters. The second-order valence-corrected chi connectivity index (χ2v) is 13.5. The van der Waals surface area contributed by atoms with E-state index in [4.69, 9.17) is 9.72 Å². The van der Waals surface area contributed by atoms with E-state index < -0.39 is 12.1 Å². The van der Waals surface area contributed by atoms with Gasteiger partial charge in [0.05, 0.1) is 42.1 Å². The molecule has 2 aliphatic rings. The second-order valence-electron chi connectivity index (χ2n) is 13.5. The molecule has 3 N–H and O–H groups in total. The first-order valence-corrected chi connectivity index (χ1v) is 17.5. The van der Waals surface area contributed by atoms with Crippen LogP contribution in [0.1, 0.15) is 87.7 Å². The number of aromatic amines is 2. The Balaban J connectivity index is 1.13. The maximum Gasteiger partial charge on any atom is 0.407 e. The lowest BCUT2D eigenvalue weighted by Gasteiger charge is -2.29. The van der Waals surface area contributed by atoms with Crippen LogP contribution in [0, 0.1) is 17.8 Å². The molecule has 2 saturated heterocycles. The molecule has 4 heterocycles. The van der Waals surface area contributed by atoms with Crippen molar-refractivity contribution in [2.45, 2.75) is 71.0 Å². The number of urea groups is 1. The van der Waals surface area contributed by atoms with E-state index in [9.17, 15) is 14.4 Å². The van der Waals surface area contributed by atoms with E-state index in [-0.39, 0.29) is 29.9 Å². The van der Waals surface area contributed by atoms with Crippen LogP contribution < -0.4 is 5.32 Å². The number of hydrogen-bond donors (Lipinski definition) is 3. The van der Waals surface area contributed by atoms with Crippen LogP contribution in [-0.2, 0) is 9.53 Å². The molecule has 262 valence electrons. The van der Waals surface area contributed by atoms with Gasteiger partial charge in [0.15, 0.2) is 0 Å². The number of H-pyrrole nitrogens is 2. The van der Waals surface area contributed by atoms with Crippen molar-refractivity contribution in [2.24, 2.45) is 5.92 Å². The Hall–Kier alpha value is -5.31.